The Labute approximate surface area is 148 Å². The largest absolute Gasteiger partial charge is 0.460 e. The SMILES string of the molecule is Cc1ccc(COC(=O)CN[C@@H](C)C(=O)OCc2ccccc2)cc1. The van der Waals surface area contributed by atoms with Gasteiger partial charge in [0, 0.05) is 0 Å². The van der Waals surface area contributed by atoms with Gasteiger partial charge in [0.1, 0.15) is 19.3 Å². The number of nitrogens with one attached hydrogen (secondary N) is 1. The summed E-state index contributed by atoms with van der Waals surface area (Å²) in [6, 6.07) is 16.6. The molecule has 0 aliphatic heterocycles. The first-order chi connectivity index (χ1) is 12.0. The van der Waals surface area contributed by atoms with Crippen LogP contribution in [-0.4, -0.2) is 24.5 Å². The molecule has 0 fully saturated rings. The van der Waals surface area contributed by atoms with Crippen LogP contribution in [0.25, 0.3) is 0 Å². The molecule has 132 valence electrons. The van der Waals surface area contributed by atoms with Crippen molar-refractivity contribution in [1.82, 2.24) is 5.32 Å². The van der Waals surface area contributed by atoms with Crippen molar-refractivity contribution in [3.63, 3.8) is 0 Å². The molecular formula is C20H23NO4. The molecule has 5 nitrogen and oxygen atoms in total. The van der Waals surface area contributed by atoms with Crippen LogP contribution < -0.4 is 5.32 Å². The van der Waals surface area contributed by atoms with Gasteiger partial charge >= 0.3 is 11.9 Å². The summed E-state index contributed by atoms with van der Waals surface area (Å²) in [4.78, 5) is 23.7. The van der Waals surface area contributed by atoms with Gasteiger partial charge in [-0.3, -0.25) is 14.9 Å². The van der Waals surface area contributed by atoms with Gasteiger partial charge in [-0.15, -0.1) is 0 Å². The molecule has 0 saturated carbocycles. The fraction of sp³-hybridized carbons (Fsp3) is 0.300. The molecule has 0 saturated heterocycles. The van der Waals surface area contributed by atoms with Crippen molar-refractivity contribution in [3.05, 3.63) is 71.3 Å². The van der Waals surface area contributed by atoms with Gasteiger partial charge in [-0.2, -0.15) is 0 Å². The van der Waals surface area contributed by atoms with Crippen molar-refractivity contribution in [2.75, 3.05) is 6.54 Å². The fourth-order valence-corrected chi connectivity index (χ4v) is 2.07. The summed E-state index contributed by atoms with van der Waals surface area (Å²) in [6.07, 6.45) is 0. The number of hydrogen-bond acceptors (Lipinski definition) is 5. The highest BCUT2D eigenvalue weighted by Gasteiger charge is 2.15. The summed E-state index contributed by atoms with van der Waals surface area (Å²) in [6.45, 7) is 4.03. The first-order valence-corrected chi connectivity index (χ1v) is 8.19. The second-order valence-electron chi connectivity index (χ2n) is 5.84. The van der Waals surface area contributed by atoms with Crippen molar-refractivity contribution in [1.29, 1.82) is 0 Å². The number of hydrogen-bond donors (Lipinski definition) is 1. The van der Waals surface area contributed by atoms with Gasteiger partial charge in [-0.25, -0.2) is 0 Å². The van der Waals surface area contributed by atoms with E-state index in [9.17, 15) is 9.59 Å². The lowest BCUT2D eigenvalue weighted by Gasteiger charge is -2.13. The molecule has 0 heterocycles. The van der Waals surface area contributed by atoms with E-state index >= 15 is 0 Å². The Hall–Kier alpha value is -2.66. The molecule has 1 N–H and O–H groups in total. The molecule has 2 aromatic carbocycles. The molecule has 0 aromatic heterocycles. The highest BCUT2D eigenvalue weighted by molar-refractivity contribution is 5.77. The molecule has 0 amide bonds. The molecule has 0 spiro atoms. The maximum absolute atomic E-state index is 11.9. The van der Waals surface area contributed by atoms with E-state index in [0.717, 1.165) is 16.7 Å². The predicted octanol–water partition coefficient (Wildman–Crippen LogP) is 2.76. The van der Waals surface area contributed by atoms with Crippen molar-refractivity contribution in [3.8, 4) is 0 Å². The highest BCUT2D eigenvalue weighted by Crippen LogP contribution is 2.05. The molecule has 0 bridgehead atoms. The fourth-order valence-electron chi connectivity index (χ4n) is 2.07. The molecule has 0 aliphatic carbocycles. The summed E-state index contributed by atoms with van der Waals surface area (Å²) in [5, 5.41) is 2.81. The lowest BCUT2D eigenvalue weighted by molar-refractivity contribution is -0.148. The lowest BCUT2D eigenvalue weighted by atomic mass is 10.2. The zero-order valence-corrected chi connectivity index (χ0v) is 14.5. The second kappa shape index (κ2) is 9.59. The second-order valence-corrected chi connectivity index (χ2v) is 5.84. The molecule has 1 atom stereocenters. The number of benzene rings is 2. The average molecular weight is 341 g/mol. The minimum absolute atomic E-state index is 0.0481. The monoisotopic (exact) mass is 341 g/mol. The third kappa shape index (κ3) is 6.77. The van der Waals surface area contributed by atoms with Crippen LogP contribution in [0, 0.1) is 6.92 Å². The van der Waals surface area contributed by atoms with Crippen LogP contribution >= 0.6 is 0 Å². The topological polar surface area (TPSA) is 64.6 Å². The minimum Gasteiger partial charge on any atom is -0.460 e. The highest BCUT2D eigenvalue weighted by atomic mass is 16.5. The zero-order chi connectivity index (χ0) is 18.1. The van der Waals surface area contributed by atoms with Crippen LogP contribution in [0.3, 0.4) is 0 Å². The molecule has 2 aromatic rings. The quantitative estimate of drug-likeness (QED) is 0.748. The van der Waals surface area contributed by atoms with Gasteiger partial charge in [0.2, 0.25) is 0 Å². The Bertz CT molecular complexity index is 683. The number of carbonyl (C=O) groups is 2. The molecule has 0 unspecified atom stereocenters. The van der Waals surface area contributed by atoms with Gasteiger partial charge in [-0.1, -0.05) is 60.2 Å². The maximum Gasteiger partial charge on any atom is 0.323 e. The summed E-state index contributed by atoms with van der Waals surface area (Å²) in [7, 11) is 0. The Morgan fingerprint density at radius 1 is 0.920 bits per heavy atom. The first kappa shape index (κ1) is 18.7. The standard InChI is InChI=1S/C20H23NO4/c1-15-8-10-18(11-9-15)13-24-19(22)12-21-16(2)20(23)25-14-17-6-4-3-5-7-17/h3-11,16,21H,12-14H2,1-2H3/t16-/m0/s1. The molecule has 2 rings (SSSR count). The first-order valence-electron chi connectivity index (χ1n) is 8.19. The van der Waals surface area contributed by atoms with Crippen molar-refractivity contribution in [2.45, 2.75) is 33.1 Å². The van der Waals surface area contributed by atoms with Crippen LogP contribution in [0.5, 0.6) is 0 Å². The van der Waals surface area contributed by atoms with Gasteiger partial charge in [0.05, 0.1) is 6.54 Å². The number of esters is 2. The molecule has 25 heavy (non-hydrogen) atoms. The lowest BCUT2D eigenvalue weighted by Crippen LogP contribution is -2.38. The van der Waals surface area contributed by atoms with E-state index in [2.05, 4.69) is 5.32 Å². The summed E-state index contributed by atoms with van der Waals surface area (Å²) < 4.78 is 10.4. The Balaban J connectivity index is 1.66. The predicted molar refractivity (Wildman–Crippen MR) is 94.7 cm³/mol. The smallest absolute Gasteiger partial charge is 0.323 e. The Morgan fingerprint density at radius 2 is 1.52 bits per heavy atom. The average Bonchev–Trinajstić information content (AvgIpc) is 2.64. The Morgan fingerprint density at radius 3 is 2.20 bits per heavy atom. The van der Waals surface area contributed by atoms with E-state index in [-0.39, 0.29) is 19.8 Å². The molecule has 0 aliphatic rings. The summed E-state index contributed by atoms with van der Waals surface area (Å²) in [5.41, 5.74) is 2.99. The van der Waals surface area contributed by atoms with Crippen LogP contribution in [0.2, 0.25) is 0 Å². The summed E-state index contributed by atoms with van der Waals surface area (Å²) in [5.74, 6) is -0.821. The van der Waals surface area contributed by atoms with Gasteiger partial charge in [0.25, 0.3) is 0 Å². The number of carbonyl (C=O) groups excluding carboxylic acids is 2. The van der Waals surface area contributed by atoms with Crippen LogP contribution in [0.1, 0.15) is 23.6 Å². The van der Waals surface area contributed by atoms with Crippen LogP contribution in [-0.2, 0) is 32.3 Å². The van der Waals surface area contributed by atoms with E-state index in [4.69, 9.17) is 9.47 Å². The van der Waals surface area contributed by atoms with E-state index < -0.39 is 18.0 Å². The number of rotatable bonds is 8. The Kier molecular flexibility index (Phi) is 7.16. The summed E-state index contributed by atoms with van der Waals surface area (Å²) >= 11 is 0. The van der Waals surface area contributed by atoms with E-state index in [0.29, 0.717) is 0 Å². The minimum atomic E-state index is -0.587. The normalized spacial score (nSPS) is 11.6. The van der Waals surface area contributed by atoms with E-state index in [1.807, 2.05) is 61.5 Å². The van der Waals surface area contributed by atoms with E-state index in [1.165, 1.54) is 0 Å². The molecule has 5 heteroatoms. The third-order valence-corrected chi connectivity index (χ3v) is 3.65. The zero-order valence-electron chi connectivity index (χ0n) is 14.5. The van der Waals surface area contributed by atoms with Crippen LogP contribution in [0.15, 0.2) is 54.6 Å². The number of ether oxygens (including phenoxy) is 2. The van der Waals surface area contributed by atoms with Gasteiger partial charge in [0.15, 0.2) is 0 Å². The van der Waals surface area contributed by atoms with Gasteiger partial charge < -0.3 is 9.47 Å². The van der Waals surface area contributed by atoms with Crippen molar-refractivity contribution in [2.24, 2.45) is 0 Å². The maximum atomic E-state index is 11.9. The molecule has 0 radical (unpaired) electrons. The van der Waals surface area contributed by atoms with Crippen LogP contribution in [0.4, 0.5) is 0 Å². The number of aryl methyl sites for hydroxylation is 1. The van der Waals surface area contributed by atoms with E-state index in [1.54, 1.807) is 6.92 Å². The third-order valence-electron chi connectivity index (χ3n) is 3.65. The molecular weight excluding hydrogens is 318 g/mol. The van der Waals surface area contributed by atoms with Crippen molar-refractivity contribution < 1.29 is 19.1 Å². The van der Waals surface area contributed by atoms with Crippen molar-refractivity contribution >= 4 is 11.9 Å². The van der Waals surface area contributed by atoms with Gasteiger partial charge in [-0.05, 0) is 25.0 Å².